The normalized spacial score (nSPS) is 11.7. The summed E-state index contributed by atoms with van der Waals surface area (Å²) in [6, 6.07) is 10.9. The summed E-state index contributed by atoms with van der Waals surface area (Å²) in [5.41, 5.74) is 1.25. The van der Waals surface area contributed by atoms with Crippen LogP contribution in [-0.2, 0) is 4.79 Å². The Hall–Kier alpha value is -2.27. The van der Waals surface area contributed by atoms with Crippen LogP contribution in [0.25, 0.3) is 0 Å². The topological polar surface area (TPSA) is 50.4 Å². The van der Waals surface area contributed by atoms with Gasteiger partial charge >= 0.3 is 0 Å². The number of amides is 1. The van der Waals surface area contributed by atoms with Gasteiger partial charge < -0.3 is 15.4 Å². The molecule has 1 amide bonds. The van der Waals surface area contributed by atoms with Crippen LogP contribution in [-0.4, -0.2) is 18.6 Å². The highest BCUT2D eigenvalue weighted by Gasteiger charge is 2.13. The largest absolute Gasteiger partial charge is 0.494 e. The molecule has 2 aromatic rings. The third kappa shape index (κ3) is 4.86. The van der Waals surface area contributed by atoms with Crippen molar-refractivity contribution in [3.63, 3.8) is 0 Å². The Morgan fingerprint density at radius 1 is 1.22 bits per heavy atom. The average Bonchev–Trinajstić information content (AvgIpc) is 2.53. The molecule has 0 saturated heterocycles. The molecule has 0 saturated carbocycles. The maximum Gasteiger partial charge on any atom is 0.246 e. The smallest absolute Gasteiger partial charge is 0.246 e. The molecule has 4 nitrogen and oxygen atoms in total. The van der Waals surface area contributed by atoms with Crippen LogP contribution in [0.3, 0.4) is 0 Å². The molecule has 0 radical (unpaired) electrons. The van der Waals surface area contributed by atoms with Gasteiger partial charge in [-0.1, -0.05) is 11.6 Å². The Morgan fingerprint density at radius 3 is 2.48 bits per heavy atom. The summed E-state index contributed by atoms with van der Waals surface area (Å²) in [7, 11) is 0. The number of nitrogens with one attached hydrogen (secondary N) is 2. The molecule has 2 aromatic carbocycles. The van der Waals surface area contributed by atoms with Crippen molar-refractivity contribution >= 4 is 28.9 Å². The lowest BCUT2D eigenvalue weighted by molar-refractivity contribution is -0.116. The number of rotatable bonds is 6. The summed E-state index contributed by atoms with van der Waals surface area (Å²) in [6.45, 7) is 4.25. The van der Waals surface area contributed by atoms with Gasteiger partial charge in [0.25, 0.3) is 0 Å². The second-order valence-electron chi connectivity index (χ2n) is 4.94. The van der Waals surface area contributed by atoms with Crippen LogP contribution < -0.4 is 15.4 Å². The predicted octanol–water partition coefficient (Wildman–Crippen LogP) is 4.32. The lowest BCUT2D eigenvalue weighted by atomic mass is 10.2. The van der Waals surface area contributed by atoms with Crippen molar-refractivity contribution in [2.24, 2.45) is 0 Å². The molecule has 1 unspecified atom stereocenters. The number of hydrogen-bond donors (Lipinski definition) is 2. The fourth-order valence-electron chi connectivity index (χ4n) is 1.95. The molecule has 2 rings (SSSR count). The average molecular weight is 337 g/mol. The first kappa shape index (κ1) is 17.1. The molecule has 0 aliphatic rings. The second kappa shape index (κ2) is 7.83. The van der Waals surface area contributed by atoms with Crippen molar-refractivity contribution < 1.29 is 13.9 Å². The van der Waals surface area contributed by atoms with E-state index in [1.54, 1.807) is 6.92 Å². The summed E-state index contributed by atoms with van der Waals surface area (Å²) in [5.74, 6) is 0.00268. The Morgan fingerprint density at radius 2 is 1.87 bits per heavy atom. The number of carbonyl (C=O) groups is 1. The highest BCUT2D eigenvalue weighted by Crippen LogP contribution is 2.20. The predicted molar refractivity (Wildman–Crippen MR) is 90.7 cm³/mol. The Bertz CT molecular complexity index is 677. The minimum absolute atomic E-state index is 0.0325. The Kier molecular flexibility index (Phi) is 5.82. The van der Waals surface area contributed by atoms with E-state index in [1.807, 2.05) is 31.2 Å². The van der Waals surface area contributed by atoms with Gasteiger partial charge in [0.05, 0.1) is 11.6 Å². The van der Waals surface area contributed by atoms with Crippen molar-refractivity contribution in [1.82, 2.24) is 0 Å². The summed E-state index contributed by atoms with van der Waals surface area (Å²) in [6.07, 6.45) is 0. The van der Waals surface area contributed by atoms with E-state index in [-0.39, 0.29) is 10.9 Å². The molecular weight excluding hydrogens is 319 g/mol. The van der Waals surface area contributed by atoms with E-state index in [1.165, 1.54) is 18.2 Å². The van der Waals surface area contributed by atoms with Gasteiger partial charge in [0.15, 0.2) is 0 Å². The maximum absolute atomic E-state index is 13.1. The first-order chi connectivity index (χ1) is 11.0. The number of benzene rings is 2. The summed E-state index contributed by atoms with van der Waals surface area (Å²) >= 11 is 5.69. The van der Waals surface area contributed by atoms with E-state index >= 15 is 0 Å². The molecule has 0 aliphatic heterocycles. The SMILES string of the molecule is CCOc1ccc(NC(C)C(=O)Nc2ccc(F)c(Cl)c2)cc1. The van der Waals surface area contributed by atoms with Gasteiger partial charge in [0, 0.05) is 11.4 Å². The summed E-state index contributed by atoms with van der Waals surface area (Å²) in [5, 5.41) is 5.73. The zero-order chi connectivity index (χ0) is 16.8. The lowest BCUT2D eigenvalue weighted by Gasteiger charge is -2.16. The molecule has 122 valence electrons. The Balaban J connectivity index is 1.95. The first-order valence-corrected chi connectivity index (χ1v) is 7.62. The number of hydrogen-bond acceptors (Lipinski definition) is 3. The molecular formula is C17H18ClFN2O2. The van der Waals surface area contributed by atoms with Gasteiger partial charge in [-0.15, -0.1) is 0 Å². The van der Waals surface area contributed by atoms with Gasteiger partial charge in [-0.2, -0.15) is 0 Å². The second-order valence-corrected chi connectivity index (χ2v) is 5.35. The van der Waals surface area contributed by atoms with E-state index in [2.05, 4.69) is 10.6 Å². The van der Waals surface area contributed by atoms with Crippen LogP contribution >= 0.6 is 11.6 Å². The van der Waals surface area contributed by atoms with E-state index < -0.39 is 11.9 Å². The van der Waals surface area contributed by atoms with E-state index in [0.717, 1.165) is 11.4 Å². The summed E-state index contributed by atoms with van der Waals surface area (Å²) in [4.78, 5) is 12.1. The van der Waals surface area contributed by atoms with Crippen molar-refractivity contribution in [2.45, 2.75) is 19.9 Å². The zero-order valence-corrected chi connectivity index (χ0v) is 13.7. The van der Waals surface area contributed by atoms with Crippen LogP contribution in [0.4, 0.5) is 15.8 Å². The first-order valence-electron chi connectivity index (χ1n) is 7.25. The monoisotopic (exact) mass is 336 g/mol. The molecule has 0 bridgehead atoms. The van der Waals surface area contributed by atoms with Crippen molar-refractivity contribution in [3.05, 3.63) is 53.3 Å². The molecule has 23 heavy (non-hydrogen) atoms. The van der Waals surface area contributed by atoms with Crippen molar-refractivity contribution in [1.29, 1.82) is 0 Å². The quantitative estimate of drug-likeness (QED) is 0.826. The lowest BCUT2D eigenvalue weighted by Crippen LogP contribution is -2.31. The van der Waals surface area contributed by atoms with Gasteiger partial charge in [-0.25, -0.2) is 4.39 Å². The highest BCUT2D eigenvalue weighted by atomic mass is 35.5. The van der Waals surface area contributed by atoms with E-state index in [4.69, 9.17) is 16.3 Å². The number of anilines is 2. The fourth-order valence-corrected chi connectivity index (χ4v) is 2.13. The van der Waals surface area contributed by atoms with Gasteiger partial charge in [0.1, 0.15) is 17.6 Å². The molecule has 0 fully saturated rings. The van der Waals surface area contributed by atoms with Gasteiger partial charge in [0.2, 0.25) is 5.91 Å². The molecule has 0 heterocycles. The van der Waals surface area contributed by atoms with Crippen LogP contribution in [0.2, 0.25) is 5.02 Å². The van der Waals surface area contributed by atoms with Crippen molar-refractivity contribution in [3.8, 4) is 5.75 Å². The van der Waals surface area contributed by atoms with E-state index in [9.17, 15) is 9.18 Å². The van der Waals surface area contributed by atoms with Crippen LogP contribution in [0.1, 0.15) is 13.8 Å². The number of carbonyl (C=O) groups excluding carboxylic acids is 1. The molecule has 0 aliphatic carbocycles. The van der Waals surface area contributed by atoms with Gasteiger partial charge in [-0.3, -0.25) is 4.79 Å². The minimum atomic E-state index is -0.523. The minimum Gasteiger partial charge on any atom is -0.494 e. The summed E-state index contributed by atoms with van der Waals surface area (Å²) < 4.78 is 18.5. The van der Waals surface area contributed by atoms with E-state index in [0.29, 0.717) is 12.3 Å². The molecule has 0 spiro atoms. The van der Waals surface area contributed by atoms with Crippen LogP contribution in [0, 0.1) is 5.82 Å². The third-order valence-electron chi connectivity index (χ3n) is 3.13. The Labute approximate surface area is 139 Å². The fraction of sp³-hybridized carbons (Fsp3) is 0.235. The zero-order valence-electron chi connectivity index (χ0n) is 12.9. The highest BCUT2D eigenvalue weighted by molar-refractivity contribution is 6.31. The number of halogens is 2. The van der Waals surface area contributed by atoms with Crippen LogP contribution in [0.5, 0.6) is 5.75 Å². The third-order valence-corrected chi connectivity index (χ3v) is 3.42. The van der Waals surface area contributed by atoms with Crippen molar-refractivity contribution in [2.75, 3.05) is 17.2 Å². The van der Waals surface area contributed by atoms with Crippen LogP contribution in [0.15, 0.2) is 42.5 Å². The molecule has 6 heteroatoms. The maximum atomic E-state index is 13.1. The molecule has 2 N–H and O–H groups in total. The van der Waals surface area contributed by atoms with Gasteiger partial charge in [-0.05, 0) is 56.3 Å². The number of ether oxygens (including phenoxy) is 1. The molecule has 0 aromatic heterocycles. The standard InChI is InChI=1S/C17H18ClFN2O2/c1-3-23-14-7-4-12(5-8-14)20-11(2)17(22)21-13-6-9-16(19)15(18)10-13/h4-11,20H,3H2,1-2H3,(H,21,22). The molecule has 1 atom stereocenters.